The molecule has 0 saturated heterocycles. The topological polar surface area (TPSA) is 42.6 Å². The van der Waals surface area contributed by atoms with Crippen molar-refractivity contribution in [2.45, 2.75) is 20.8 Å². The highest BCUT2D eigenvalue weighted by atomic mass is 15.0. The van der Waals surface area contributed by atoms with E-state index in [0.29, 0.717) is 0 Å². The SMILES string of the molecule is Cc1cc(C)c(C)c(-c2c3ccc(-c4cnccn4)cc3nc[n+]2C)c1. The maximum atomic E-state index is 4.64. The average molecular weight is 341 g/mol. The molecule has 0 fully saturated rings. The third kappa shape index (κ3) is 2.73. The van der Waals surface area contributed by atoms with Crippen LogP contribution in [0.15, 0.2) is 55.2 Å². The highest BCUT2D eigenvalue weighted by Gasteiger charge is 2.18. The molecule has 0 aliphatic carbocycles. The minimum atomic E-state index is 0.855. The molecule has 0 unspecified atom stereocenters. The van der Waals surface area contributed by atoms with Gasteiger partial charge >= 0.3 is 0 Å². The van der Waals surface area contributed by atoms with Gasteiger partial charge in [0.25, 0.3) is 6.33 Å². The highest BCUT2D eigenvalue weighted by molar-refractivity contribution is 5.93. The van der Waals surface area contributed by atoms with Crippen LogP contribution in [-0.4, -0.2) is 15.0 Å². The highest BCUT2D eigenvalue weighted by Crippen LogP contribution is 2.31. The van der Waals surface area contributed by atoms with E-state index in [2.05, 4.69) is 77.7 Å². The lowest BCUT2D eigenvalue weighted by Crippen LogP contribution is -2.32. The summed E-state index contributed by atoms with van der Waals surface area (Å²) in [6.45, 7) is 6.50. The van der Waals surface area contributed by atoms with E-state index in [4.69, 9.17) is 0 Å². The number of aryl methyl sites for hydroxylation is 3. The Bertz CT molecular complexity index is 1120. The van der Waals surface area contributed by atoms with E-state index in [1.165, 1.54) is 27.9 Å². The standard InChI is InChI=1S/C22H21N4/c1-14-9-15(2)16(3)19(10-14)22-18-6-5-17(21-12-23-7-8-24-21)11-20(18)25-13-26(22)4/h5-13H,1-4H3/q+1. The first-order chi connectivity index (χ1) is 12.5. The Morgan fingerprint density at radius 2 is 1.77 bits per heavy atom. The largest absolute Gasteiger partial charge is 0.287 e. The van der Waals surface area contributed by atoms with Gasteiger partial charge in [-0.25, -0.2) is 4.57 Å². The Balaban J connectivity index is 1.98. The molecule has 4 aromatic rings. The summed E-state index contributed by atoms with van der Waals surface area (Å²) >= 11 is 0. The number of hydrogen-bond donors (Lipinski definition) is 0. The Morgan fingerprint density at radius 3 is 2.54 bits per heavy atom. The van der Waals surface area contributed by atoms with Crippen LogP contribution in [-0.2, 0) is 7.05 Å². The molecule has 0 radical (unpaired) electrons. The van der Waals surface area contributed by atoms with Gasteiger partial charge in [-0.2, -0.15) is 0 Å². The number of hydrogen-bond acceptors (Lipinski definition) is 3. The van der Waals surface area contributed by atoms with Crippen LogP contribution in [0, 0.1) is 20.8 Å². The summed E-state index contributed by atoms with van der Waals surface area (Å²) in [4.78, 5) is 13.2. The van der Waals surface area contributed by atoms with Crippen molar-refractivity contribution in [3.8, 4) is 22.5 Å². The van der Waals surface area contributed by atoms with E-state index in [9.17, 15) is 0 Å². The zero-order chi connectivity index (χ0) is 18.3. The third-order valence-corrected chi connectivity index (χ3v) is 4.90. The van der Waals surface area contributed by atoms with Crippen LogP contribution in [0.5, 0.6) is 0 Å². The molecule has 4 rings (SSSR count). The van der Waals surface area contributed by atoms with Gasteiger partial charge in [0.15, 0.2) is 5.52 Å². The first kappa shape index (κ1) is 16.3. The van der Waals surface area contributed by atoms with Gasteiger partial charge in [0.1, 0.15) is 5.69 Å². The molecule has 4 heteroatoms. The van der Waals surface area contributed by atoms with E-state index >= 15 is 0 Å². The third-order valence-electron chi connectivity index (χ3n) is 4.90. The Labute approximate surface area is 153 Å². The number of fused-ring (bicyclic) bond motifs is 1. The van der Waals surface area contributed by atoms with Crippen LogP contribution in [0.3, 0.4) is 0 Å². The van der Waals surface area contributed by atoms with E-state index in [1.807, 2.05) is 6.33 Å². The van der Waals surface area contributed by atoms with E-state index in [1.54, 1.807) is 18.6 Å². The molecule has 128 valence electrons. The summed E-state index contributed by atoms with van der Waals surface area (Å²) in [7, 11) is 2.05. The lowest BCUT2D eigenvalue weighted by Gasteiger charge is -2.12. The fourth-order valence-corrected chi connectivity index (χ4v) is 3.46. The van der Waals surface area contributed by atoms with Gasteiger partial charge < -0.3 is 0 Å². The van der Waals surface area contributed by atoms with Crippen molar-refractivity contribution in [1.82, 2.24) is 15.0 Å². The summed E-state index contributed by atoms with van der Waals surface area (Å²) in [5.74, 6) is 0. The normalized spacial score (nSPS) is 11.1. The van der Waals surface area contributed by atoms with Gasteiger partial charge in [-0.15, -0.1) is 0 Å². The van der Waals surface area contributed by atoms with Crippen LogP contribution in [0.2, 0.25) is 0 Å². The molecule has 26 heavy (non-hydrogen) atoms. The Kier molecular flexibility index (Phi) is 3.96. The zero-order valence-corrected chi connectivity index (χ0v) is 15.5. The number of benzene rings is 2. The van der Waals surface area contributed by atoms with E-state index in [-0.39, 0.29) is 0 Å². The van der Waals surface area contributed by atoms with Gasteiger partial charge in [-0.3, -0.25) is 9.97 Å². The predicted octanol–water partition coefficient (Wildman–Crippen LogP) is 4.11. The molecule has 2 aromatic heterocycles. The lowest BCUT2D eigenvalue weighted by atomic mass is 9.95. The van der Waals surface area contributed by atoms with Crippen molar-refractivity contribution >= 4 is 10.9 Å². The van der Waals surface area contributed by atoms with Gasteiger partial charge in [-0.05, 0) is 55.1 Å². The second-order valence-corrected chi connectivity index (χ2v) is 6.78. The molecule has 0 atom stereocenters. The number of nitrogens with zero attached hydrogens (tertiary/aromatic N) is 4. The molecule has 0 aliphatic rings. The molecular formula is C22H21N4+. The van der Waals surface area contributed by atoms with E-state index < -0.39 is 0 Å². The van der Waals surface area contributed by atoms with E-state index in [0.717, 1.165) is 22.2 Å². The van der Waals surface area contributed by atoms with Gasteiger partial charge in [0.05, 0.1) is 24.3 Å². The average Bonchev–Trinajstić information content (AvgIpc) is 2.65. The summed E-state index contributed by atoms with van der Waals surface area (Å²) < 4.78 is 2.10. The molecular weight excluding hydrogens is 320 g/mol. The van der Waals surface area contributed by atoms with Crippen molar-refractivity contribution in [3.05, 3.63) is 71.9 Å². The van der Waals surface area contributed by atoms with Crippen LogP contribution < -0.4 is 4.57 Å². The van der Waals surface area contributed by atoms with Crippen LogP contribution >= 0.6 is 0 Å². The molecule has 2 heterocycles. The molecule has 0 amide bonds. The second kappa shape index (κ2) is 6.30. The summed E-state index contributed by atoms with van der Waals surface area (Å²) in [5.41, 5.74) is 9.15. The van der Waals surface area contributed by atoms with Crippen molar-refractivity contribution in [2.75, 3.05) is 0 Å². The maximum absolute atomic E-state index is 4.64. The van der Waals surface area contributed by atoms with Crippen LogP contribution in [0.1, 0.15) is 16.7 Å². The van der Waals surface area contributed by atoms with Crippen molar-refractivity contribution in [3.63, 3.8) is 0 Å². The lowest BCUT2D eigenvalue weighted by molar-refractivity contribution is -0.662. The first-order valence-electron chi connectivity index (χ1n) is 8.67. The monoisotopic (exact) mass is 341 g/mol. The quantitative estimate of drug-likeness (QED) is 0.515. The zero-order valence-electron chi connectivity index (χ0n) is 15.5. The molecule has 4 nitrogen and oxygen atoms in total. The van der Waals surface area contributed by atoms with Crippen molar-refractivity contribution < 1.29 is 4.57 Å². The Hall–Kier alpha value is -3.14. The summed E-state index contributed by atoms with van der Waals surface area (Å²) in [5, 5.41) is 1.13. The second-order valence-electron chi connectivity index (χ2n) is 6.78. The summed E-state index contributed by atoms with van der Waals surface area (Å²) in [6.07, 6.45) is 7.06. The van der Waals surface area contributed by atoms with Gasteiger partial charge in [0.2, 0.25) is 0 Å². The number of aromatic nitrogens is 4. The predicted molar refractivity (Wildman–Crippen MR) is 104 cm³/mol. The first-order valence-corrected chi connectivity index (χ1v) is 8.67. The van der Waals surface area contributed by atoms with Crippen molar-refractivity contribution in [2.24, 2.45) is 7.05 Å². The molecule has 0 saturated carbocycles. The van der Waals surface area contributed by atoms with Gasteiger partial charge in [-0.1, -0.05) is 17.7 Å². The molecule has 2 aromatic carbocycles. The van der Waals surface area contributed by atoms with Crippen LogP contribution in [0.25, 0.3) is 33.4 Å². The maximum Gasteiger partial charge on any atom is 0.287 e. The fourth-order valence-electron chi connectivity index (χ4n) is 3.46. The number of rotatable bonds is 2. The van der Waals surface area contributed by atoms with Crippen molar-refractivity contribution in [1.29, 1.82) is 0 Å². The minimum absolute atomic E-state index is 0.855. The fraction of sp³-hybridized carbons (Fsp3) is 0.182. The molecule has 0 N–H and O–H groups in total. The molecule has 0 spiro atoms. The molecule has 0 bridgehead atoms. The Morgan fingerprint density at radius 1 is 0.923 bits per heavy atom. The minimum Gasteiger partial charge on any atom is -0.261 e. The summed E-state index contributed by atoms with van der Waals surface area (Å²) in [6, 6.07) is 10.8. The molecule has 0 aliphatic heterocycles. The van der Waals surface area contributed by atoms with Gasteiger partial charge in [0, 0.05) is 23.5 Å². The smallest absolute Gasteiger partial charge is 0.261 e. The van der Waals surface area contributed by atoms with Crippen LogP contribution in [0.4, 0.5) is 0 Å².